The van der Waals surface area contributed by atoms with Gasteiger partial charge < -0.3 is 14.8 Å². The molecular formula is C20H19ClF5NO4. The van der Waals surface area contributed by atoms with Crippen LogP contribution in [0.2, 0.25) is 5.02 Å². The molecule has 11 heteroatoms. The van der Waals surface area contributed by atoms with E-state index in [1.807, 2.05) is 0 Å². The molecule has 0 saturated carbocycles. The summed E-state index contributed by atoms with van der Waals surface area (Å²) in [6, 6.07) is 1.37. The average molecular weight is 468 g/mol. The number of nitrogens with one attached hydrogen (secondary N) is 1. The number of benzene rings is 1. The fourth-order valence-electron chi connectivity index (χ4n) is 3.32. The second-order valence-corrected chi connectivity index (χ2v) is 6.97. The van der Waals surface area contributed by atoms with E-state index in [0.717, 1.165) is 7.11 Å². The van der Waals surface area contributed by atoms with Crippen molar-refractivity contribution in [1.82, 2.24) is 5.32 Å². The number of carbonyl (C=O) groups is 2. The van der Waals surface area contributed by atoms with Gasteiger partial charge in [-0.2, -0.15) is 13.2 Å². The summed E-state index contributed by atoms with van der Waals surface area (Å²) in [5, 5.41) is 1.62. The van der Waals surface area contributed by atoms with E-state index < -0.39 is 69.5 Å². The van der Waals surface area contributed by atoms with Crippen LogP contribution >= 0.6 is 11.6 Å². The van der Waals surface area contributed by atoms with Crippen molar-refractivity contribution in [3.63, 3.8) is 0 Å². The van der Waals surface area contributed by atoms with Gasteiger partial charge in [0, 0.05) is 11.3 Å². The molecule has 1 aliphatic rings. The molecule has 1 unspecified atom stereocenters. The number of halogens is 6. The summed E-state index contributed by atoms with van der Waals surface area (Å²) >= 11 is 5.74. The van der Waals surface area contributed by atoms with E-state index in [-0.39, 0.29) is 12.3 Å². The van der Waals surface area contributed by atoms with E-state index in [1.54, 1.807) is 6.92 Å². The van der Waals surface area contributed by atoms with Gasteiger partial charge >= 0.3 is 18.1 Å². The smallest absolute Gasteiger partial charge is 0.418 e. The van der Waals surface area contributed by atoms with Crippen LogP contribution in [0.25, 0.3) is 0 Å². The van der Waals surface area contributed by atoms with Crippen molar-refractivity contribution in [1.29, 1.82) is 0 Å². The lowest BCUT2D eigenvalue weighted by atomic mass is 9.78. The molecule has 2 rings (SSSR count). The highest BCUT2D eigenvalue weighted by Crippen LogP contribution is 2.47. The van der Waals surface area contributed by atoms with Crippen LogP contribution in [0.15, 0.2) is 34.7 Å². The topological polar surface area (TPSA) is 64.6 Å². The zero-order chi connectivity index (χ0) is 23.5. The Morgan fingerprint density at radius 3 is 2.35 bits per heavy atom. The molecule has 1 aliphatic heterocycles. The van der Waals surface area contributed by atoms with Crippen LogP contribution in [-0.2, 0) is 25.2 Å². The Morgan fingerprint density at radius 1 is 1.19 bits per heavy atom. The second kappa shape index (κ2) is 9.67. The van der Waals surface area contributed by atoms with E-state index >= 15 is 0 Å². The highest BCUT2D eigenvalue weighted by Gasteiger charge is 2.46. The molecule has 0 aliphatic carbocycles. The molecule has 0 saturated heterocycles. The number of allylic oxidation sites excluding steroid dienone is 2. The summed E-state index contributed by atoms with van der Waals surface area (Å²) in [6.07, 6.45) is -4.76. The average Bonchev–Trinajstić information content (AvgIpc) is 2.71. The van der Waals surface area contributed by atoms with Crippen molar-refractivity contribution in [2.24, 2.45) is 0 Å². The fraction of sp³-hybridized carbons (Fsp3) is 0.400. The molecule has 0 spiro atoms. The van der Waals surface area contributed by atoms with Crippen molar-refractivity contribution in [3.8, 4) is 0 Å². The molecule has 5 nitrogen and oxygen atoms in total. The molecule has 1 heterocycles. The van der Waals surface area contributed by atoms with Gasteiger partial charge in [-0.3, -0.25) is 0 Å². The lowest BCUT2D eigenvalue weighted by Crippen LogP contribution is -2.35. The number of methoxy groups -OCH3 is 1. The molecule has 1 aromatic rings. The third-order valence-corrected chi connectivity index (χ3v) is 4.87. The maximum absolute atomic E-state index is 14.9. The summed E-state index contributed by atoms with van der Waals surface area (Å²) in [4.78, 5) is 25.2. The molecule has 1 atom stereocenters. The maximum atomic E-state index is 14.9. The van der Waals surface area contributed by atoms with Gasteiger partial charge in [-0.1, -0.05) is 18.5 Å². The monoisotopic (exact) mass is 467 g/mol. The van der Waals surface area contributed by atoms with E-state index in [1.165, 1.54) is 6.92 Å². The van der Waals surface area contributed by atoms with E-state index in [9.17, 15) is 31.5 Å². The highest BCUT2D eigenvalue weighted by atomic mass is 35.5. The zero-order valence-corrected chi connectivity index (χ0v) is 17.5. The van der Waals surface area contributed by atoms with Gasteiger partial charge in [0.25, 0.3) is 0 Å². The Bertz CT molecular complexity index is 956. The molecule has 31 heavy (non-hydrogen) atoms. The van der Waals surface area contributed by atoms with Gasteiger partial charge in [0.15, 0.2) is 0 Å². The van der Waals surface area contributed by atoms with Crippen LogP contribution in [0, 0.1) is 5.82 Å². The molecule has 1 aromatic carbocycles. The summed E-state index contributed by atoms with van der Waals surface area (Å²) in [6.45, 7) is 1.55. The van der Waals surface area contributed by atoms with E-state index in [0.29, 0.717) is 18.6 Å². The van der Waals surface area contributed by atoms with Crippen molar-refractivity contribution in [3.05, 3.63) is 56.6 Å². The van der Waals surface area contributed by atoms with Gasteiger partial charge in [0.2, 0.25) is 0 Å². The van der Waals surface area contributed by atoms with Gasteiger partial charge in [0.1, 0.15) is 12.5 Å². The summed E-state index contributed by atoms with van der Waals surface area (Å²) in [5.41, 5.74) is -4.43. The Hall–Kier alpha value is -2.62. The summed E-state index contributed by atoms with van der Waals surface area (Å²) in [5.74, 6) is -5.70. The Kier molecular flexibility index (Phi) is 7.69. The van der Waals surface area contributed by atoms with Crippen LogP contribution < -0.4 is 5.32 Å². The molecule has 1 N–H and O–H groups in total. The lowest BCUT2D eigenvalue weighted by molar-refractivity contribution is -0.141. The maximum Gasteiger partial charge on any atom is 0.418 e. The first kappa shape index (κ1) is 24.6. The van der Waals surface area contributed by atoms with E-state index in [4.69, 9.17) is 16.3 Å². The van der Waals surface area contributed by atoms with Gasteiger partial charge in [-0.25, -0.2) is 18.4 Å². The summed E-state index contributed by atoms with van der Waals surface area (Å²) < 4.78 is 79.8. The first-order valence-electron chi connectivity index (χ1n) is 9.06. The van der Waals surface area contributed by atoms with Crippen molar-refractivity contribution in [2.75, 3.05) is 20.4 Å². The molecule has 0 aromatic heterocycles. The minimum atomic E-state index is -5.15. The predicted octanol–water partition coefficient (Wildman–Crippen LogP) is 4.81. The Morgan fingerprint density at radius 2 is 1.84 bits per heavy atom. The molecule has 170 valence electrons. The third-order valence-electron chi connectivity index (χ3n) is 4.55. The normalized spacial score (nSPS) is 16.9. The summed E-state index contributed by atoms with van der Waals surface area (Å²) in [7, 11) is 0.918. The number of alkyl halides is 4. The number of esters is 2. The number of hydrogen-bond acceptors (Lipinski definition) is 5. The largest absolute Gasteiger partial charge is 0.466 e. The number of dihydropyridines is 1. The van der Waals surface area contributed by atoms with Crippen LogP contribution in [0.3, 0.4) is 0 Å². The molecule has 0 fully saturated rings. The molecule has 0 bridgehead atoms. The van der Waals surface area contributed by atoms with Crippen molar-refractivity contribution in [2.45, 2.75) is 32.4 Å². The molecule has 0 radical (unpaired) electrons. The SMILES string of the molecule is CCCOC(=O)C1=C(C)NC(CF)=C(C(=O)OC)C1c1c(F)ccc(Cl)c1C(F)(F)F. The van der Waals surface area contributed by atoms with Crippen LogP contribution in [0.4, 0.5) is 22.0 Å². The number of rotatable bonds is 6. The molecule has 0 amide bonds. The van der Waals surface area contributed by atoms with Crippen LogP contribution in [-0.4, -0.2) is 32.3 Å². The zero-order valence-electron chi connectivity index (χ0n) is 16.8. The minimum absolute atomic E-state index is 0.0836. The third kappa shape index (κ3) is 4.84. The van der Waals surface area contributed by atoms with Gasteiger partial charge in [-0.15, -0.1) is 0 Å². The molecular weight excluding hydrogens is 449 g/mol. The second-order valence-electron chi connectivity index (χ2n) is 6.57. The van der Waals surface area contributed by atoms with Crippen LogP contribution in [0.5, 0.6) is 0 Å². The first-order chi connectivity index (χ1) is 14.5. The van der Waals surface area contributed by atoms with Crippen molar-refractivity contribution < 1.29 is 41.0 Å². The number of hydrogen-bond donors (Lipinski definition) is 1. The number of ether oxygens (including phenoxy) is 2. The van der Waals surface area contributed by atoms with Gasteiger partial charge in [0.05, 0.1) is 47.1 Å². The highest BCUT2D eigenvalue weighted by molar-refractivity contribution is 6.31. The fourth-order valence-corrected chi connectivity index (χ4v) is 3.59. The van der Waals surface area contributed by atoms with E-state index in [2.05, 4.69) is 10.1 Å². The predicted molar refractivity (Wildman–Crippen MR) is 101 cm³/mol. The van der Waals surface area contributed by atoms with Gasteiger partial charge in [-0.05, 0) is 25.5 Å². The number of carbonyl (C=O) groups excluding carboxylic acids is 2. The minimum Gasteiger partial charge on any atom is -0.466 e. The Labute approximate surface area is 179 Å². The van der Waals surface area contributed by atoms with Crippen molar-refractivity contribution >= 4 is 23.5 Å². The van der Waals surface area contributed by atoms with Crippen LogP contribution in [0.1, 0.15) is 37.3 Å². The standard InChI is InChI=1S/C20H19ClF5NO4/c1-4-7-31-19(29)13-9(2)27-12(8-22)15(18(28)30-3)16(13)14-11(23)6-5-10(21)17(14)20(24,25)26/h5-6,16,27H,4,7-8H2,1-3H3. The lowest BCUT2D eigenvalue weighted by Gasteiger charge is -2.32. The first-order valence-corrected chi connectivity index (χ1v) is 9.44. The quantitative estimate of drug-likeness (QED) is 0.480. The Balaban J connectivity index is 2.95.